The zero-order valence-corrected chi connectivity index (χ0v) is 14.7. The SMILES string of the molecule is O=S(=O)(c1ccc(Cl)c(CCl)c1Cl)N1CCCCCCC1. The van der Waals surface area contributed by atoms with Crippen molar-refractivity contribution in [1.82, 2.24) is 4.31 Å². The second-order valence-electron chi connectivity index (χ2n) is 5.14. The molecule has 21 heavy (non-hydrogen) atoms. The highest BCUT2D eigenvalue weighted by Gasteiger charge is 2.28. The van der Waals surface area contributed by atoms with Crippen molar-refractivity contribution in [2.45, 2.75) is 42.9 Å². The van der Waals surface area contributed by atoms with E-state index in [2.05, 4.69) is 0 Å². The fourth-order valence-corrected chi connectivity index (χ4v) is 5.31. The molecule has 2 rings (SSSR count). The summed E-state index contributed by atoms with van der Waals surface area (Å²) >= 11 is 18.0. The van der Waals surface area contributed by atoms with Gasteiger partial charge in [-0.05, 0) is 25.0 Å². The summed E-state index contributed by atoms with van der Waals surface area (Å²) in [6.07, 6.45) is 5.06. The molecule has 1 saturated heterocycles. The molecule has 0 unspecified atom stereocenters. The molecule has 1 aromatic rings. The molecule has 1 fully saturated rings. The Hall–Kier alpha value is -0.000000000000000132. The molecule has 0 N–H and O–H groups in total. The van der Waals surface area contributed by atoms with Crippen LogP contribution in [0, 0.1) is 0 Å². The van der Waals surface area contributed by atoms with Crippen LogP contribution < -0.4 is 0 Å². The number of alkyl halides is 1. The summed E-state index contributed by atoms with van der Waals surface area (Å²) in [7, 11) is -3.60. The van der Waals surface area contributed by atoms with Crippen LogP contribution in [-0.2, 0) is 15.9 Å². The van der Waals surface area contributed by atoms with Gasteiger partial charge in [0.2, 0.25) is 10.0 Å². The molecule has 1 aliphatic heterocycles. The van der Waals surface area contributed by atoms with Crippen LogP contribution in [0.5, 0.6) is 0 Å². The Kier molecular flexibility index (Phi) is 6.21. The van der Waals surface area contributed by atoms with E-state index in [9.17, 15) is 8.42 Å². The van der Waals surface area contributed by atoms with Gasteiger partial charge in [-0.1, -0.05) is 42.5 Å². The van der Waals surface area contributed by atoms with Crippen molar-refractivity contribution < 1.29 is 8.42 Å². The molecule has 7 heteroatoms. The Morgan fingerprint density at radius 3 is 2.14 bits per heavy atom. The Bertz CT molecular complexity index is 596. The van der Waals surface area contributed by atoms with Crippen molar-refractivity contribution in [1.29, 1.82) is 0 Å². The highest BCUT2D eigenvalue weighted by molar-refractivity contribution is 7.89. The number of hydrogen-bond donors (Lipinski definition) is 0. The molecule has 3 nitrogen and oxygen atoms in total. The fraction of sp³-hybridized carbons (Fsp3) is 0.571. The number of sulfonamides is 1. The Morgan fingerprint density at radius 1 is 1.00 bits per heavy atom. The summed E-state index contributed by atoms with van der Waals surface area (Å²) < 4.78 is 27.1. The maximum atomic E-state index is 12.8. The van der Waals surface area contributed by atoms with Crippen LogP contribution in [0.3, 0.4) is 0 Å². The first kappa shape index (κ1) is 17.4. The maximum Gasteiger partial charge on any atom is 0.244 e. The van der Waals surface area contributed by atoms with E-state index in [-0.39, 0.29) is 15.8 Å². The third kappa shape index (κ3) is 3.85. The van der Waals surface area contributed by atoms with Gasteiger partial charge in [-0.3, -0.25) is 0 Å². The maximum absolute atomic E-state index is 12.8. The lowest BCUT2D eigenvalue weighted by atomic mass is 10.1. The Morgan fingerprint density at radius 2 is 1.57 bits per heavy atom. The van der Waals surface area contributed by atoms with E-state index in [1.807, 2.05) is 0 Å². The molecule has 0 atom stereocenters. The van der Waals surface area contributed by atoms with Crippen molar-refractivity contribution in [3.63, 3.8) is 0 Å². The summed E-state index contributed by atoms with van der Waals surface area (Å²) in [6, 6.07) is 3.01. The van der Waals surface area contributed by atoms with E-state index in [0.29, 0.717) is 23.7 Å². The van der Waals surface area contributed by atoms with Crippen molar-refractivity contribution >= 4 is 44.8 Å². The molecular formula is C14H18Cl3NO2S. The number of benzene rings is 1. The number of rotatable bonds is 3. The number of nitrogens with zero attached hydrogens (tertiary/aromatic N) is 1. The molecular weight excluding hydrogens is 353 g/mol. The van der Waals surface area contributed by atoms with E-state index < -0.39 is 10.0 Å². The van der Waals surface area contributed by atoms with Crippen LogP contribution in [0.2, 0.25) is 10.0 Å². The van der Waals surface area contributed by atoms with Gasteiger partial charge < -0.3 is 0 Å². The molecule has 0 spiro atoms. The third-order valence-corrected chi connectivity index (χ3v) is 6.82. The minimum absolute atomic E-state index is 0.0844. The topological polar surface area (TPSA) is 37.4 Å². The summed E-state index contributed by atoms with van der Waals surface area (Å²) in [5.74, 6) is 0.0844. The standard InChI is InChI=1S/C14H18Cl3NO2S/c15-10-11-12(16)6-7-13(14(11)17)21(19,20)18-8-4-2-1-3-5-9-18/h6-7H,1-5,8-10H2. The van der Waals surface area contributed by atoms with Gasteiger partial charge in [-0.2, -0.15) is 4.31 Å². The summed E-state index contributed by atoms with van der Waals surface area (Å²) in [5, 5.41) is 0.529. The highest BCUT2D eigenvalue weighted by atomic mass is 35.5. The second kappa shape index (κ2) is 7.51. The zero-order valence-electron chi connectivity index (χ0n) is 11.6. The largest absolute Gasteiger partial charge is 0.244 e. The van der Waals surface area contributed by atoms with Gasteiger partial charge in [-0.25, -0.2) is 8.42 Å². The lowest BCUT2D eigenvalue weighted by molar-refractivity contribution is 0.364. The average Bonchev–Trinajstić information content (AvgIpc) is 2.37. The van der Waals surface area contributed by atoms with Gasteiger partial charge in [-0.15, -0.1) is 11.6 Å². The molecule has 0 amide bonds. The van der Waals surface area contributed by atoms with Crippen LogP contribution >= 0.6 is 34.8 Å². The van der Waals surface area contributed by atoms with E-state index in [4.69, 9.17) is 34.8 Å². The minimum atomic E-state index is -3.60. The van der Waals surface area contributed by atoms with Crippen molar-refractivity contribution in [2.75, 3.05) is 13.1 Å². The zero-order chi connectivity index (χ0) is 15.5. The molecule has 1 aromatic carbocycles. The first-order valence-electron chi connectivity index (χ1n) is 7.01. The van der Waals surface area contributed by atoms with E-state index in [1.165, 1.54) is 16.8 Å². The van der Waals surface area contributed by atoms with Crippen molar-refractivity contribution in [3.8, 4) is 0 Å². The van der Waals surface area contributed by atoms with Gasteiger partial charge >= 0.3 is 0 Å². The molecule has 1 aliphatic rings. The van der Waals surface area contributed by atoms with Gasteiger partial charge in [0.1, 0.15) is 4.90 Å². The lowest BCUT2D eigenvalue weighted by Gasteiger charge is -2.25. The Balaban J connectivity index is 2.38. The predicted molar refractivity (Wildman–Crippen MR) is 87.9 cm³/mol. The van der Waals surface area contributed by atoms with Crippen LogP contribution in [0.1, 0.15) is 37.7 Å². The molecule has 0 aromatic heterocycles. The van der Waals surface area contributed by atoms with E-state index >= 15 is 0 Å². The summed E-state index contributed by atoms with van der Waals surface area (Å²) in [6.45, 7) is 1.08. The van der Waals surface area contributed by atoms with Crippen LogP contribution in [0.15, 0.2) is 17.0 Å². The minimum Gasteiger partial charge on any atom is -0.207 e. The fourth-order valence-electron chi connectivity index (χ4n) is 2.50. The number of halogens is 3. The monoisotopic (exact) mass is 369 g/mol. The lowest BCUT2D eigenvalue weighted by Crippen LogP contribution is -2.34. The Labute approximate surface area is 141 Å². The molecule has 0 saturated carbocycles. The smallest absolute Gasteiger partial charge is 0.207 e. The van der Waals surface area contributed by atoms with Gasteiger partial charge in [0.05, 0.1) is 10.9 Å². The van der Waals surface area contributed by atoms with Crippen LogP contribution in [-0.4, -0.2) is 25.8 Å². The van der Waals surface area contributed by atoms with E-state index in [1.54, 1.807) is 6.07 Å². The van der Waals surface area contributed by atoms with E-state index in [0.717, 1.165) is 25.7 Å². The summed E-state index contributed by atoms with van der Waals surface area (Å²) in [4.78, 5) is 0.102. The average molecular weight is 371 g/mol. The van der Waals surface area contributed by atoms with Crippen molar-refractivity contribution in [2.24, 2.45) is 0 Å². The highest BCUT2D eigenvalue weighted by Crippen LogP contribution is 2.34. The molecule has 0 radical (unpaired) electrons. The number of hydrogen-bond acceptors (Lipinski definition) is 2. The third-order valence-electron chi connectivity index (χ3n) is 3.72. The second-order valence-corrected chi connectivity index (χ2v) is 8.10. The van der Waals surface area contributed by atoms with Crippen molar-refractivity contribution in [3.05, 3.63) is 27.7 Å². The quantitative estimate of drug-likeness (QED) is 0.724. The van der Waals surface area contributed by atoms with Gasteiger partial charge in [0, 0.05) is 23.7 Å². The molecule has 1 heterocycles. The van der Waals surface area contributed by atoms with Gasteiger partial charge in [0.15, 0.2) is 0 Å². The first-order valence-corrected chi connectivity index (χ1v) is 9.74. The molecule has 118 valence electrons. The van der Waals surface area contributed by atoms with Crippen LogP contribution in [0.25, 0.3) is 0 Å². The van der Waals surface area contributed by atoms with Crippen LogP contribution in [0.4, 0.5) is 0 Å². The summed E-state index contributed by atoms with van der Waals surface area (Å²) in [5.41, 5.74) is 0.466. The van der Waals surface area contributed by atoms with Gasteiger partial charge in [0.25, 0.3) is 0 Å². The molecule has 0 bridgehead atoms. The normalized spacial score (nSPS) is 18.2. The predicted octanol–water partition coefficient (Wildman–Crippen LogP) is 4.69. The first-order chi connectivity index (χ1) is 9.98. The molecule has 0 aliphatic carbocycles.